The molecule has 0 N–H and O–H groups in total. The van der Waals surface area contributed by atoms with Crippen molar-refractivity contribution >= 4 is 12.3 Å². The summed E-state index contributed by atoms with van der Waals surface area (Å²) < 4.78 is 5.10. The maximum atomic E-state index is 11.1. The van der Waals surface area contributed by atoms with Gasteiger partial charge >= 0.3 is 5.97 Å². The molecule has 0 aromatic heterocycles. The van der Waals surface area contributed by atoms with Gasteiger partial charge in [-0.25, -0.2) is 0 Å². The van der Waals surface area contributed by atoms with Crippen LogP contribution in [0.3, 0.4) is 0 Å². The van der Waals surface area contributed by atoms with Crippen LogP contribution in [-0.2, 0) is 14.3 Å². The fourth-order valence-corrected chi connectivity index (χ4v) is 2.03. The molecule has 0 heterocycles. The van der Waals surface area contributed by atoms with Gasteiger partial charge in [0.15, 0.2) is 0 Å². The largest absolute Gasteiger partial charge is 0.466 e. The summed E-state index contributed by atoms with van der Waals surface area (Å²) in [7, 11) is 0. The van der Waals surface area contributed by atoms with E-state index >= 15 is 0 Å². The van der Waals surface area contributed by atoms with E-state index in [1.807, 2.05) is 6.92 Å². The lowest BCUT2D eigenvalue weighted by Crippen LogP contribution is -2.04. The Balaban J connectivity index is 3.02. The van der Waals surface area contributed by atoms with E-state index in [0.717, 1.165) is 38.4 Å². The number of carbonyl (C=O) groups excluding carboxylic acids is 2. The normalized spacial score (nSPS) is 10.4. The molecular weight excluding hydrogens is 240 g/mol. The van der Waals surface area contributed by atoms with Crippen LogP contribution in [0.25, 0.3) is 0 Å². The molecule has 0 radical (unpaired) electrons. The second kappa shape index (κ2) is 15.2. The van der Waals surface area contributed by atoms with Crippen LogP contribution in [0.2, 0.25) is 0 Å². The summed E-state index contributed by atoms with van der Waals surface area (Å²) in [5.41, 5.74) is 0. The number of rotatable bonds is 14. The summed E-state index contributed by atoms with van der Waals surface area (Å²) in [5.74, 6) is -0.0576. The second-order valence-corrected chi connectivity index (χ2v) is 5.11. The van der Waals surface area contributed by atoms with E-state index in [-0.39, 0.29) is 5.97 Å². The van der Waals surface area contributed by atoms with Crippen LogP contribution in [0.4, 0.5) is 0 Å². The Bertz CT molecular complexity index is 214. The van der Waals surface area contributed by atoms with Crippen molar-refractivity contribution in [3.63, 3.8) is 0 Å². The highest BCUT2D eigenvalue weighted by atomic mass is 16.5. The molecule has 0 atom stereocenters. The molecule has 0 spiro atoms. The van der Waals surface area contributed by atoms with Gasteiger partial charge in [0.1, 0.15) is 6.29 Å². The van der Waals surface area contributed by atoms with Crippen LogP contribution in [0, 0.1) is 0 Å². The molecule has 0 aliphatic carbocycles. The predicted molar refractivity (Wildman–Crippen MR) is 78.1 cm³/mol. The first-order chi connectivity index (χ1) is 9.31. The van der Waals surface area contributed by atoms with Crippen LogP contribution in [0.1, 0.15) is 84.0 Å². The SMILES string of the molecule is CCCC(=O)OCCCCCCCCCCCC=O. The van der Waals surface area contributed by atoms with E-state index < -0.39 is 0 Å². The van der Waals surface area contributed by atoms with Crippen molar-refractivity contribution in [1.82, 2.24) is 0 Å². The maximum absolute atomic E-state index is 11.1. The molecule has 0 rings (SSSR count). The molecule has 19 heavy (non-hydrogen) atoms. The Morgan fingerprint density at radius 3 is 1.95 bits per heavy atom. The fraction of sp³-hybridized carbons (Fsp3) is 0.875. The Morgan fingerprint density at radius 2 is 1.42 bits per heavy atom. The van der Waals surface area contributed by atoms with Gasteiger partial charge in [0.25, 0.3) is 0 Å². The third kappa shape index (κ3) is 15.1. The van der Waals surface area contributed by atoms with Crippen LogP contribution in [0.15, 0.2) is 0 Å². The average Bonchev–Trinajstić information content (AvgIpc) is 2.40. The van der Waals surface area contributed by atoms with Crippen LogP contribution in [0.5, 0.6) is 0 Å². The molecule has 0 saturated carbocycles. The number of aldehydes is 1. The highest BCUT2D eigenvalue weighted by molar-refractivity contribution is 5.69. The summed E-state index contributed by atoms with van der Waals surface area (Å²) in [6.07, 6.45) is 13.9. The zero-order chi connectivity index (χ0) is 14.2. The molecule has 3 heteroatoms. The number of carbonyl (C=O) groups is 2. The molecule has 0 fully saturated rings. The lowest BCUT2D eigenvalue weighted by Gasteiger charge is -2.04. The molecular formula is C16H30O3. The van der Waals surface area contributed by atoms with Gasteiger partial charge in [0.05, 0.1) is 6.61 Å². The predicted octanol–water partition coefficient (Wildman–Crippen LogP) is 4.43. The summed E-state index contributed by atoms with van der Waals surface area (Å²) >= 11 is 0. The number of unbranched alkanes of at least 4 members (excludes halogenated alkanes) is 9. The standard InChI is InChI=1S/C16H30O3/c1-2-13-16(18)19-15-12-10-8-6-4-3-5-7-9-11-14-17/h14H,2-13,15H2,1H3. The van der Waals surface area contributed by atoms with Crippen molar-refractivity contribution in [1.29, 1.82) is 0 Å². The number of hydrogen-bond donors (Lipinski definition) is 0. The summed E-state index contributed by atoms with van der Waals surface area (Å²) in [4.78, 5) is 21.2. The average molecular weight is 270 g/mol. The summed E-state index contributed by atoms with van der Waals surface area (Å²) in [5, 5.41) is 0. The molecule has 112 valence electrons. The van der Waals surface area contributed by atoms with Crippen molar-refractivity contribution in [2.24, 2.45) is 0 Å². The lowest BCUT2D eigenvalue weighted by molar-refractivity contribution is -0.143. The molecule has 0 unspecified atom stereocenters. The topological polar surface area (TPSA) is 43.4 Å². The first-order valence-electron chi connectivity index (χ1n) is 7.90. The Labute approximate surface area is 118 Å². The molecule has 0 aromatic rings. The molecule has 0 aliphatic heterocycles. The fourth-order valence-electron chi connectivity index (χ4n) is 2.03. The van der Waals surface area contributed by atoms with Crippen molar-refractivity contribution < 1.29 is 14.3 Å². The van der Waals surface area contributed by atoms with Gasteiger partial charge in [-0.15, -0.1) is 0 Å². The van der Waals surface area contributed by atoms with E-state index in [2.05, 4.69) is 0 Å². The van der Waals surface area contributed by atoms with E-state index in [1.165, 1.54) is 38.5 Å². The highest BCUT2D eigenvalue weighted by Gasteiger charge is 1.99. The van der Waals surface area contributed by atoms with Crippen LogP contribution < -0.4 is 0 Å². The quantitative estimate of drug-likeness (QED) is 0.266. The van der Waals surface area contributed by atoms with Crippen molar-refractivity contribution in [3.8, 4) is 0 Å². The van der Waals surface area contributed by atoms with Gasteiger partial charge in [0.2, 0.25) is 0 Å². The van der Waals surface area contributed by atoms with Gasteiger partial charge in [-0.3, -0.25) is 4.79 Å². The smallest absolute Gasteiger partial charge is 0.305 e. The number of hydrogen-bond acceptors (Lipinski definition) is 3. The highest BCUT2D eigenvalue weighted by Crippen LogP contribution is 2.10. The Hall–Kier alpha value is -0.860. The van der Waals surface area contributed by atoms with Gasteiger partial charge in [-0.2, -0.15) is 0 Å². The van der Waals surface area contributed by atoms with Gasteiger partial charge in [-0.1, -0.05) is 51.9 Å². The molecule has 0 aliphatic rings. The number of esters is 1. The molecule has 3 nitrogen and oxygen atoms in total. The van der Waals surface area contributed by atoms with Crippen molar-refractivity contribution in [2.45, 2.75) is 84.0 Å². The third-order valence-corrected chi connectivity index (χ3v) is 3.18. The third-order valence-electron chi connectivity index (χ3n) is 3.18. The molecule has 0 saturated heterocycles. The minimum Gasteiger partial charge on any atom is -0.466 e. The van der Waals surface area contributed by atoms with Crippen LogP contribution in [-0.4, -0.2) is 18.9 Å². The molecule has 0 bridgehead atoms. The van der Waals surface area contributed by atoms with Crippen LogP contribution >= 0.6 is 0 Å². The molecule has 0 amide bonds. The molecule has 0 aromatic carbocycles. The minimum absolute atomic E-state index is 0.0576. The zero-order valence-electron chi connectivity index (χ0n) is 12.5. The summed E-state index contributed by atoms with van der Waals surface area (Å²) in [6, 6.07) is 0. The van der Waals surface area contributed by atoms with Crippen molar-refractivity contribution in [3.05, 3.63) is 0 Å². The maximum Gasteiger partial charge on any atom is 0.305 e. The Kier molecular flexibility index (Phi) is 14.5. The zero-order valence-corrected chi connectivity index (χ0v) is 12.5. The van der Waals surface area contributed by atoms with E-state index in [1.54, 1.807) is 0 Å². The van der Waals surface area contributed by atoms with Gasteiger partial charge in [-0.05, 0) is 19.3 Å². The van der Waals surface area contributed by atoms with E-state index in [9.17, 15) is 9.59 Å². The first-order valence-corrected chi connectivity index (χ1v) is 7.90. The minimum atomic E-state index is -0.0576. The lowest BCUT2D eigenvalue weighted by atomic mass is 10.1. The van der Waals surface area contributed by atoms with Crippen molar-refractivity contribution in [2.75, 3.05) is 6.61 Å². The monoisotopic (exact) mass is 270 g/mol. The van der Waals surface area contributed by atoms with E-state index in [0.29, 0.717) is 13.0 Å². The number of ether oxygens (including phenoxy) is 1. The van der Waals surface area contributed by atoms with Gasteiger partial charge in [0, 0.05) is 12.8 Å². The second-order valence-electron chi connectivity index (χ2n) is 5.11. The first kappa shape index (κ1) is 18.1. The van der Waals surface area contributed by atoms with E-state index in [4.69, 9.17) is 4.74 Å². The van der Waals surface area contributed by atoms with Gasteiger partial charge < -0.3 is 9.53 Å². The summed E-state index contributed by atoms with van der Waals surface area (Å²) in [6.45, 7) is 2.57. The Morgan fingerprint density at radius 1 is 0.895 bits per heavy atom.